The number of carbonyl (C=O) groups is 1. The molecule has 1 aliphatic heterocycles. The number of rotatable bonds is 2. The molecule has 0 bridgehead atoms. The minimum absolute atomic E-state index is 0.0526. The number of hydrogen-bond acceptors (Lipinski definition) is 3. The van der Waals surface area contributed by atoms with Gasteiger partial charge in [0.1, 0.15) is 0 Å². The lowest BCUT2D eigenvalue weighted by molar-refractivity contribution is 0.00987. The third-order valence-corrected chi connectivity index (χ3v) is 3.98. The zero-order valence-electron chi connectivity index (χ0n) is 10.7. The Morgan fingerprint density at radius 3 is 3.00 bits per heavy atom. The molecule has 1 aliphatic carbocycles. The van der Waals surface area contributed by atoms with E-state index in [0.29, 0.717) is 12.4 Å². The number of aryl methyl sites for hydroxylation is 1. The minimum atomic E-state index is -0.133. The molecule has 5 heteroatoms. The van der Waals surface area contributed by atoms with Crippen molar-refractivity contribution in [2.75, 3.05) is 6.61 Å². The van der Waals surface area contributed by atoms with Crippen LogP contribution in [0.5, 0.6) is 0 Å². The Bertz CT molecular complexity index is 449. The van der Waals surface area contributed by atoms with Gasteiger partial charge < -0.3 is 15.0 Å². The van der Waals surface area contributed by atoms with Crippen LogP contribution >= 0.6 is 0 Å². The number of aromatic amines is 1. The van der Waals surface area contributed by atoms with Crippen LogP contribution in [0, 0.1) is 6.92 Å². The molecule has 3 rings (SSSR count). The molecule has 1 saturated carbocycles. The molecule has 0 radical (unpaired) electrons. The van der Waals surface area contributed by atoms with Crippen molar-refractivity contribution < 1.29 is 9.53 Å². The van der Waals surface area contributed by atoms with Gasteiger partial charge in [0.2, 0.25) is 0 Å². The fraction of sp³-hybridized carbons (Fsp3) is 0.692. The summed E-state index contributed by atoms with van der Waals surface area (Å²) in [6.45, 7) is 2.52. The standard InChI is InChI=1S/C13H19N3O2/c1-9-7-14-11(15-9)12(17)16-10-6-13(18-8-10)4-2-3-5-13/h7,10H,2-6,8H2,1H3,(H,14,15)(H,16,17)/t10-/m0/s1. The molecule has 98 valence electrons. The van der Waals surface area contributed by atoms with Gasteiger partial charge >= 0.3 is 0 Å². The molecule has 1 aromatic rings. The molecule has 1 atom stereocenters. The number of imidazole rings is 1. The summed E-state index contributed by atoms with van der Waals surface area (Å²) >= 11 is 0. The second kappa shape index (κ2) is 4.39. The average molecular weight is 249 g/mol. The molecular weight excluding hydrogens is 230 g/mol. The van der Waals surface area contributed by atoms with Gasteiger partial charge in [0, 0.05) is 11.9 Å². The van der Waals surface area contributed by atoms with E-state index < -0.39 is 0 Å². The Balaban J connectivity index is 1.59. The van der Waals surface area contributed by atoms with Crippen LogP contribution in [0.25, 0.3) is 0 Å². The van der Waals surface area contributed by atoms with Crippen molar-refractivity contribution in [2.24, 2.45) is 0 Å². The number of aromatic nitrogens is 2. The Kier molecular flexibility index (Phi) is 2.86. The topological polar surface area (TPSA) is 67.0 Å². The lowest BCUT2D eigenvalue weighted by Gasteiger charge is -2.21. The fourth-order valence-corrected chi connectivity index (χ4v) is 3.09. The highest BCUT2D eigenvalue weighted by Gasteiger charge is 2.42. The smallest absolute Gasteiger partial charge is 0.287 e. The van der Waals surface area contributed by atoms with Gasteiger partial charge in [0.15, 0.2) is 5.82 Å². The molecule has 2 N–H and O–H groups in total. The van der Waals surface area contributed by atoms with Gasteiger partial charge in [-0.25, -0.2) is 4.98 Å². The molecule has 2 aliphatic rings. The number of hydrogen-bond donors (Lipinski definition) is 2. The summed E-state index contributed by atoms with van der Waals surface area (Å²) in [6, 6.07) is 0.126. The third kappa shape index (κ3) is 2.14. The highest BCUT2D eigenvalue weighted by molar-refractivity contribution is 5.90. The summed E-state index contributed by atoms with van der Waals surface area (Å²) in [5.74, 6) is 0.256. The zero-order chi connectivity index (χ0) is 12.6. The van der Waals surface area contributed by atoms with Crippen molar-refractivity contribution in [3.63, 3.8) is 0 Å². The summed E-state index contributed by atoms with van der Waals surface area (Å²) in [5.41, 5.74) is 0.951. The van der Waals surface area contributed by atoms with Crippen LogP contribution in [0.2, 0.25) is 0 Å². The second-order valence-electron chi connectivity index (χ2n) is 5.49. The van der Waals surface area contributed by atoms with Crippen LogP contribution < -0.4 is 5.32 Å². The first kappa shape index (κ1) is 11.7. The Labute approximate surface area is 106 Å². The Morgan fingerprint density at radius 1 is 1.56 bits per heavy atom. The largest absolute Gasteiger partial charge is 0.373 e. The van der Waals surface area contributed by atoms with Gasteiger partial charge in [-0.15, -0.1) is 0 Å². The highest BCUT2D eigenvalue weighted by Crippen LogP contribution is 2.40. The number of H-pyrrole nitrogens is 1. The lowest BCUT2D eigenvalue weighted by atomic mass is 9.96. The fourth-order valence-electron chi connectivity index (χ4n) is 3.09. The molecule has 0 aromatic carbocycles. The summed E-state index contributed by atoms with van der Waals surface area (Å²) < 4.78 is 5.91. The van der Waals surface area contributed by atoms with Crippen LogP contribution in [-0.2, 0) is 4.74 Å². The first-order valence-corrected chi connectivity index (χ1v) is 6.63. The van der Waals surface area contributed by atoms with E-state index in [0.717, 1.165) is 25.0 Å². The molecule has 0 unspecified atom stereocenters. The number of carbonyl (C=O) groups excluding carboxylic acids is 1. The summed E-state index contributed by atoms with van der Waals surface area (Å²) in [5, 5.41) is 3.00. The van der Waals surface area contributed by atoms with Crippen LogP contribution in [0.15, 0.2) is 6.20 Å². The number of nitrogens with zero attached hydrogens (tertiary/aromatic N) is 1. The van der Waals surface area contributed by atoms with E-state index in [9.17, 15) is 4.79 Å². The molecule has 18 heavy (non-hydrogen) atoms. The van der Waals surface area contributed by atoms with E-state index in [2.05, 4.69) is 15.3 Å². The van der Waals surface area contributed by atoms with Crippen molar-refractivity contribution in [3.05, 3.63) is 17.7 Å². The van der Waals surface area contributed by atoms with Crippen molar-refractivity contribution >= 4 is 5.91 Å². The molecule has 2 fully saturated rings. The van der Waals surface area contributed by atoms with Crippen LogP contribution in [0.4, 0.5) is 0 Å². The zero-order valence-corrected chi connectivity index (χ0v) is 10.7. The van der Waals surface area contributed by atoms with Crippen molar-refractivity contribution in [3.8, 4) is 0 Å². The van der Waals surface area contributed by atoms with Crippen molar-refractivity contribution in [1.82, 2.24) is 15.3 Å². The Morgan fingerprint density at radius 2 is 2.33 bits per heavy atom. The van der Waals surface area contributed by atoms with E-state index in [1.807, 2.05) is 6.92 Å². The normalized spacial score (nSPS) is 25.7. The van der Waals surface area contributed by atoms with E-state index in [1.165, 1.54) is 12.8 Å². The minimum Gasteiger partial charge on any atom is -0.373 e. The van der Waals surface area contributed by atoms with E-state index in [4.69, 9.17) is 4.74 Å². The maximum Gasteiger partial charge on any atom is 0.287 e. The van der Waals surface area contributed by atoms with Gasteiger partial charge in [0.25, 0.3) is 5.91 Å². The predicted octanol–water partition coefficient (Wildman–Crippen LogP) is 1.55. The third-order valence-electron chi connectivity index (χ3n) is 3.98. The van der Waals surface area contributed by atoms with Crippen LogP contribution in [-0.4, -0.2) is 34.1 Å². The Hall–Kier alpha value is -1.36. The van der Waals surface area contributed by atoms with Crippen LogP contribution in [0.3, 0.4) is 0 Å². The van der Waals surface area contributed by atoms with Crippen molar-refractivity contribution in [1.29, 1.82) is 0 Å². The van der Waals surface area contributed by atoms with E-state index >= 15 is 0 Å². The summed E-state index contributed by atoms with van der Waals surface area (Å²) in [4.78, 5) is 18.9. The second-order valence-corrected chi connectivity index (χ2v) is 5.49. The highest BCUT2D eigenvalue weighted by atomic mass is 16.5. The van der Waals surface area contributed by atoms with Gasteiger partial charge in [-0.05, 0) is 26.2 Å². The molecule has 5 nitrogen and oxygen atoms in total. The first-order chi connectivity index (χ1) is 8.67. The number of nitrogens with one attached hydrogen (secondary N) is 2. The maximum atomic E-state index is 12.0. The molecule has 1 aromatic heterocycles. The van der Waals surface area contributed by atoms with E-state index in [-0.39, 0.29) is 17.6 Å². The van der Waals surface area contributed by atoms with Crippen molar-refractivity contribution in [2.45, 2.75) is 50.7 Å². The number of ether oxygens (including phenoxy) is 1. The maximum absolute atomic E-state index is 12.0. The first-order valence-electron chi connectivity index (χ1n) is 6.63. The molecular formula is C13H19N3O2. The molecule has 2 heterocycles. The van der Waals surface area contributed by atoms with Gasteiger partial charge in [-0.1, -0.05) is 12.8 Å². The van der Waals surface area contributed by atoms with Gasteiger partial charge in [-0.3, -0.25) is 4.79 Å². The molecule has 1 spiro atoms. The SMILES string of the molecule is Cc1cnc(C(=O)N[C@@H]2COC3(CCCC3)C2)[nH]1. The van der Waals surface area contributed by atoms with E-state index in [1.54, 1.807) is 6.20 Å². The molecule has 1 amide bonds. The van der Waals surface area contributed by atoms with Crippen LogP contribution in [0.1, 0.15) is 48.4 Å². The molecule has 1 saturated heterocycles. The quantitative estimate of drug-likeness (QED) is 0.835. The summed E-state index contributed by atoms with van der Waals surface area (Å²) in [6.07, 6.45) is 7.38. The van der Waals surface area contributed by atoms with Gasteiger partial charge in [0.05, 0.1) is 18.2 Å². The predicted molar refractivity (Wildman–Crippen MR) is 66.3 cm³/mol. The van der Waals surface area contributed by atoms with Gasteiger partial charge in [-0.2, -0.15) is 0 Å². The average Bonchev–Trinajstić information content (AvgIpc) is 3.03. The summed E-state index contributed by atoms with van der Waals surface area (Å²) in [7, 11) is 0. The number of amides is 1. The lowest BCUT2D eigenvalue weighted by Crippen LogP contribution is -2.36. The monoisotopic (exact) mass is 249 g/mol.